The number of rotatable bonds is 5. The number of carboxylic acid groups (broad SMARTS) is 1. The second-order valence-corrected chi connectivity index (χ2v) is 9.28. The number of primary amides is 1. The third kappa shape index (κ3) is 4.22. The zero-order valence-electron chi connectivity index (χ0n) is 18.3. The molecule has 2 aromatic rings. The molecule has 2 aromatic carbocycles. The van der Waals surface area contributed by atoms with E-state index in [2.05, 4.69) is 0 Å². The first-order valence-electron chi connectivity index (χ1n) is 10.2. The molecule has 1 heterocycles. The number of carbonyl (C=O) groups excluding carboxylic acids is 1. The molecule has 3 N–H and O–H groups in total. The summed E-state index contributed by atoms with van der Waals surface area (Å²) in [5.41, 5.74) is 5.27. The molecular formula is C24H29FN2O4. The average molecular weight is 429 g/mol. The van der Waals surface area contributed by atoms with E-state index in [1.807, 2.05) is 20.8 Å². The zero-order valence-corrected chi connectivity index (χ0v) is 18.3. The molecule has 1 saturated heterocycles. The number of likely N-dealkylation sites (tertiary alicyclic amines) is 1. The van der Waals surface area contributed by atoms with Crippen molar-refractivity contribution in [2.75, 3.05) is 0 Å². The highest BCUT2D eigenvalue weighted by Crippen LogP contribution is 2.53. The Morgan fingerprint density at radius 3 is 2.32 bits per heavy atom. The predicted molar refractivity (Wildman–Crippen MR) is 115 cm³/mol. The van der Waals surface area contributed by atoms with Crippen LogP contribution in [0.5, 0.6) is 5.75 Å². The van der Waals surface area contributed by atoms with Gasteiger partial charge in [0.25, 0.3) is 0 Å². The minimum absolute atomic E-state index is 0.0859. The summed E-state index contributed by atoms with van der Waals surface area (Å²) in [6.45, 7) is 7.66. The lowest BCUT2D eigenvalue weighted by atomic mass is 9.69. The molecule has 2 amide bonds. The van der Waals surface area contributed by atoms with Gasteiger partial charge in [0.2, 0.25) is 5.91 Å². The van der Waals surface area contributed by atoms with E-state index < -0.39 is 23.6 Å². The topological polar surface area (TPSA) is 92.9 Å². The van der Waals surface area contributed by atoms with Crippen LogP contribution in [0.25, 0.3) is 0 Å². The summed E-state index contributed by atoms with van der Waals surface area (Å²) < 4.78 is 19.4. The molecule has 0 bridgehead atoms. The van der Waals surface area contributed by atoms with Gasteiger partial charge in [-0.2, -0.15) is 0 Å². The molecule has 3 atom stereocenters. The summed E-state index contributed by atoms with van der Waals surface area (Å²) in [7, 11) is 0. The summed E-state index contributed by atoms with van der Waals surface area (Å²) in [4.78, 5) is 25.8. The molecule has 31 heavy (non-hydrogen) atoms. The number of halogens is 1. The molecule has 1 unspecified atom stereocenters. The first-order chi connectivity index (χ1) is 14.5. The minimum Gasteiger partial charge on any atom is -0.489 e. The fourth-order valence-corrected chi connectivity index (χ4v) is 4.72. The Kier molecular flexibility index (Phi) is 5.98. The van der Waals surface area contributed by atoms with E-state index in [-0.39, 0.29) is 23.8 Å². The van der Waals surface area contributed by atoms with E-state index in [0.717, 1.165) is 5.56 Å². The summed E-state index contributed by atoms with van der Waals surface area (Å²) in [5, 5.41) is 9.96. The van der Waals surface area contributed by atoms with Crippen molar-refractivity contribution in [2.45, 2.75) is 52.3 Å². The number of amides is 2. The molecule has 0 saturated carbocycles. The van der Waals surface area contributed by atoms with Crippen LogP contribution in [0.3, 0.4) is 0 Å². The summed E-state index contributed by atoms with van der Waals surface area (Å²) >= 11 is 0. The number of benzene rings is 2. The van der Waals surface area contributed by atoms with Crippen molar-refractivity contribution in [3.63, 3.8) is 0 Å². The smallest absolute Gasteiger partial charge is 0.408 e. The van der Waals surface area contributed by atoms with Gasteiger partial charge in [-0.05, 0) is 48.4 Å². The van der Waals surface area contributed by atoms with E-state index in [9.17, 15) is 19.1 Å². The van der Waals surface area contributed by atoms with Crippen molar-refractivity contribution in [3.05, 3.63) is 65.5 Å². The maximum absolute atomic E-state index is 13.8. The molecule has 1 aliphatic heterocycles. The van der Waals surface area contributed by atoms with Gasteiger partial charge >= 0.3 is 6.09 Å². The largest absolute Gasteiger partial charge is 0.489 e. The molecule has 6 nitrogen and oxygen atoms in total. The van der Waals surface area contributed by atoms with Gasteiger partial charge in [-0.15, -0.1) is 0 Å². The van der Waals surface area contributed by atoms with Crippen LogP contribution in [0.2, 0.25) is 0 Å². The van der Waals surface area contributed by atoms with Gasteiger partial charge in [-0.25, -0.2) is 9.18 Å². The average Bonchev–Trinajstić information content (AvgIpc) is 3.03. The summed E-state index contributed by atoms with van der Waals surface area (Å²) in [6.07, 6.45) is -0.706. The molecule has 166 valence electrons. The lowest BCUT2D eigenvalue weighted by Crippen LogP contribution is -2.59. The number of hydrogen-bond donors (Lipinski definition) is 2. The van der Waals surface area contributed by atoms with Crippen LogP contribution in [0.4, 0.5) is 9.18 Å². The standard InChI is InChI=1S/C24H29FN2O4/c1-23(2,3)20-13-19(27(22(29)30)24(20,4)21(26)28)15-9-11-17(12-10-15)31-14-16-7-5-6-8-18(16)25/h5-12,19-20H,13-14H2,1-4H3,(H2,26,28)(H,29,30)/t19-,20?,24+/m0/s1. The SMILES string of the molecule is CC(C)(C)C1C[C@@H](c2ccc(OCc3ccccc3F)cc2)N(C(=O)O)[C@@]1(C)C(N)=O. The first kappa shape index (κ1) is 22.6. The van der Waals surface area contributed by atoms with E-state index >= 15 is 0 Å². The Morgan fingerprint density at radius 2 is 1.81 bits per heavy atom. The van der Waals surface area contributed by atoms with Crippen molar-refractivity contribution in [1.82, 2.24) is 4.90 Å². The fraction of sp³-hybridized carbons (Fsp3) is 0.417. The lowest BCUT2D eigenvalue weighted by molar-refractivity contribution is -0.131. The fourth-order valence-electron chi connectivity index (χ4n) is 4.72. The molecule has 7 heteroatoms. The lowest BCUT2D eigenvalue weighted by Gasteiger charge is -2.41. The van der Waals surface area contributed by atoms with E-state index in [4.69, 9.17) is 10.5 Å². The highest BCUT2D eigenvalue weighted by Gasteiger charge is 2.59. The number of ether oxygens (including phenoxy) is 1. The van der Waals surface area contributed by atoms with Gasteiger partial charge in [0, 0.05) is 5.56 Å². The molecule has 0 spiro atoms. The molecule has 1 aliphatic rings. The van der Waals surface area contributed by atoms with Crippen molar-refractivity contribution in [2.24, 2.45) is 17.1 Å². The second-order valence-electron chi connectivity index (χ2n) is 9.28. The Morgan fingerprint density at radius 1 is 1.19 bits per heavy atom. The van der Waals surface area contributed by atoms with E-state index in [0.29, 0.717) is 17.7 Å². The van der Waals surface area contributed by atoms with Gasteiger partial charge in [-0.1, -0.05) is 51.1 Å². The summed E-state index contributed by atoms with van der Waals surface area (Å²) in [6, 6.07) is 12.9. The van der Waals surface area contributed by atoms with Crippen LogP contribution in [-0.2, 0) is 11.4 Å². The Hall–Kier alpha value is -3.09. The highest BCUT2D eigenvalue weighted by molar-refractivity contribution is 5.89. The second kappa shape index (κ2) is 8.21. The monoisotopic (exact) mass is 428 g/mol. The van der Waals surface area contributed by atoms with Crippen molar-refractivity contribution >= 4 is 12.0 Å². The zero-order chi connectivity index (χ0) is 23.0. The predicted octanol–water partition coefficient (Wildman–Crippen LogP) is 4.74. The van der Waals surface area contributed by atoms with Crippen LogP contribution in [0.1, 0.15) is 51.3 Å². The minimum atomic E-state index is -1.32. The van der Waals surface area contributed by atoms with Crippen LogP contribution >= 0.6 is 0 Å². The third-order valence-corrected chi connectivity index (χ3v) is 6.32. The molecular weight excluding hydrogens is 399 g/mol. The van der Waals surface area contributed by atoms with Gasteiger partial charge in [0.1, 0.15) is 23.7 Å². The number of nitrogens with zero attached hydrogens (tertiary/aromatic N) is 1. The van der Waals surface area contributed by atoms with E-state index in [1.165, 1.54) is 11.0 Å². The van der Waals surface area contributed by atoms with Gasteiger partial charge in [0.15, 0.2) is 0 Å². The Balaban J connectivity index is 1.86. The first-order valence-corrected chi connectivity index (χ1v) is 10.2. The van der Waals surface area contributed by atoms with Crippen LogP contribution < -0.4 is 10.5 Å². The summed E-state index contributed by atoms with van der Waals surface area (Å²) in [5.74, 6) is -0.698. The van der Waals surface area contributed by atoms with Crippen molar-refractivity contribution < 1.29 is 23.8 Å². The quantitative estimate of drug-likeness (QED) is 0.720. The van der Waals surface area contributed by atoms with Gasteiger partial charge in [0.05, 0.1) is 6.04 Å². The highest BCUT2D eigenvalue weighted by atomic mass is 19.1. The van der Waals surface area contributed by atoms with Crippen LogP contribution in [0.15, 0.2) is 48.5 Å². The van der Waals surface area contributed by atoms with Crippen LogP contribution in [-0.4, -0.2) is 27.5 Å². The number of nitrogens with two attached hydrogens (primary N) is 1. The maximum atomic E-state index is 13.8. The maximum Gasteiger partial charge on any atom is 0.408 e. The molecule has 3 rings (SSSR count). The molecule has 0 radical (unpaired) electrons. The Bertz CT molecular complexity index is 970. The molecule has 1 fully saturated rings. The Labute approximate surface area is 181 Å². The van der Waals surface area contributed by atoms with Gasteiger partial charge in [-0.3, -0.25) is 9.69 Å². The molecule has 0 aromatic heterocycles. The normalized spacial score (nSPS) is 23.6. The number of hydrogen-bond acceptors (Lipinski definition) is 3. The number of carbonyl (C=O) groups is 2. The van der Waals surface area contributed by atoms with Crippen molar-refractivity contribution in [3.8, 4) is 5.75 Å². The van der Waals surface area contributed by atoms with Crippen molar-refractivity contribution in [1.29, 1.82) is 0 Å². The third-order valence-electron chi connectivity index (χ3n) is 6.32. The van der Waals surface area contributed by atoms with Gasteiger partial charge < -0.3 is 15.6 Å². The van der Waals surface area contributed by atoms with E-state index in [1.54, 1.807) is 49.4 Å². The van der Waals surface area contributed by atoms with Crippen LogP contribution in [0, 0.1) is 17.2 Å². The molecule has 0 aliphatic carbocycles.